The Hall–Kier alpha value is -2.86. The number of nitrogens with zero attached hydrogens (tertiary/aromatic N) is 2. The largest absolute Gasteiger partial charge is 0.495 e. The molecule has 5 nitrogen and oxygen atoms in total. The first-order valence-electron chi connectivity index (χ1n) is 8.33. The molecule has 1 aromatic heterocycles. The highest BCUT2D eigenvalue weighted by Crippen LogP contribution is 2.28. The first-order chi connectivity index (χ1) is 12.9. The topological polar surface area (TPSA) is 56.1 Å². The van der Waals surface area contributed by atoms with E-state index in [0.717, 1.165) is 22.6 Å². The standard InChI is InChI=1S/C20H19ClFN3O2/c1-12-17(13(2)25(24-12)16-7-5-15(22)6-8-16)11-20(26)23-18-10-14(21)4-9-19(18)27-3/h4-10H,11H2,1-3H3,(H,23,26). The number of amides is 1. The second-order valence-electron chi connectivity index (χ2n) is 6.11. The summed E-state index contributed by atoms with van der Waals surface area (Å²) in [6, 6.07) is 11.1. The molecule has 0 fully saturated rings. The highest BCUT2D eigenvalue weighted by molar-refractivity contribution is 6.31. The fraction of sp³-hybridized carbons (Fsp3) is 0.200. The van der Waals surface area contributed by atoms with Crippen LogP contribution >= 0.6 is 11.6 Å². The number of ether oxygens (including phenoxy) is 1. The van der Waals surface area contributed by atoms with Crippen LogP contribution in [0.15, 0.2) is 42.5 Å². The summed E-state index contributed by atoms with van der Waals surface area (Å²) in [5.74, 6) is 0.0129. The van der Waals surface area contributed by atoms with Gasteiger partial charge in [0.2, 0.25) is 5.91 Å². The number of hydrogen-bond donors (Lipinski definition) is 1. The van der Waals surface area contributed by atoms with Gasteiger partial charge in [-0.2, -0.15) is 5.10 Å². The molecule has 0 aliphatic rings. The van der Waals surface area contributed by atoms with Crippen LogP contribution in [0, 0.1) is 19.7 Å². The fourth-order valence-corrected chi connectivity index (χ4v) is 3.07. The number of benzene rings is 2. The van der Waals surface area contributed by atoms with Crippen LogP contribution < -0.4 is 10.1 Å². The van der Waals surface area contributed by atoms with Gasteiger partial charge in [-0.05, 0) is 56.3 Å². The Morgan fingerprint density at radius 1 is 1.22 bits per heavy atom. The summed E-state index contributed by atoms with van der Waals surface area (Å²) in [5.41, 5.74) is 3.63. The predicted octanol–water partition coefficient (Wildman–Crippen LogP) is 4.47. The number of aryl methyl sites for hydroxylation is 1. The van der Waals surface area contributed by atoms with E-state index < -0.39 is 0 Å². The number of methoxy groups -OCH3 is 1. The molecule has 0 atom stereocenters. The lowest BCUT2D eigenvalue weighted by Gasteiger charge is -2.11. The Kier molecular flexibility index (Phi) is 5.46. The normalized spacial score (nSPS) is 10.7. The Morgan fingerprint density at radius 3 is 2.59 bits per heavy atom. The number of anilines is 1. The van der Waals surface area contributed by atoms with Crippen molar-refractivity contribution in [1.82, 2.24) is 9.78 Å². The molecule has 1 N–H and O–H groups in total. The summed E-state index contributed by atoms with van der Waals surface area (Å²) in [4.78, 5) is 12.6. The van der Waals surface area contributed by atoms with Crippen molar-refractivity contribution in [3.8, 4) is 11.4 Å². The zero-order valence-corrected chi connectivity index (χ0v) is 16.0. The van der Waals surface area contributed by atoms with Crippen LogP contribution in [-0.4, -0.2) is 22.8 Å². The predicted molar refractivity (Wildman–Crippen MR) is 103 cm³/mol. The van der Waals surface area contributed by atoms with Crippen molar-refractivity contribution >= 4 is 23.2 Å². The van der Waals surface area contributed by atoms with E-state index in [1.54, 1.807) is 35.0 Å². The quantitative estimate of drug-likeness (QED) is 0.702. The molecule has 0 aliphatic carbocycles. The number of aromatic nitrogens is 2. The Labute approximate surface area is 161 Å². The van der Waals surface area contributed by atoms with Gasteiger partial charge >= 0.3 is 0 Å². The molecular weight excluding hydrogens is 369 g/mol. The average molecular weight is 388 g/mol. The van der Waals surface area contributed by atoms with Gasteiger partial charge in [0.15, 0.2) is 0 Å². The molecule has 0 saturated carbocycles. The van der Waals surface area contributed by atoms with Crippen molar-refractivity contribution in [3.05, 3.63) is 70.3 Å². The van der Waals surface area contributed by atoms with Gasteiger partial charge in [-0.3, -0.25) is 4.79 Å². The van der Waals surface area contributed by atoms with Gasteiger partial charge in [-0.25, -0.2) is 9.07 Å². The summed E-state index contributed by atoms with van der Waals surface area (Å²) >= 11 is 6.00. The lowest BCUT2D eigenvalue weighted by atomic mass is 10.1. The smallest absolute Gasteiger partial charge is 0.229 e. The Bertz CT molecular complexity index is 984. The number of hydrogen-bond acceptors (Lipinski definition) is 3. The van der Waals surface area contributed by atoms with E-state index in [0.29, 0.717) is 16.5 Å². The summed E-state index contributed by atoms with van der Waals surface area (Å²) < 4.78 is 20.1. The Balaban J connectivity index is 1.83. The minimum atomic E-state index is -0.310. The molecule has 0 radical (unpaired) electrons. The maximum atomic E-state index is 13.2. The zero-order valence-electron chi connectivity index (χ0n) is 15.2. The van der Waals surface area contributed by atoms with Crippen LogP contribution in [0.4, 0.5) is 10.1 Å². The van der Waals surface area contributed by atoms with Crippen LogP contribution in [0.25, 0.3) is 5.69 Å². The highest BCUT2D eigenvalue weighted by Gasteiger charge is 2.17. The molecule has 1 heterocycles. The monoisotopic (exact) mass is 387 g/mol. The van der Waals surface area contributed by atoms with Crippen LogP contribution in [0.3, 0.4) is 0 Å². The van der Waals surface area contributed by atoms with Gasteiger partial charge in [0.05, 0.1) is 30.6 Å². The number of nitrogens with one attached hydrogen (secondary N) is 1. The molecule has 0 aliphatic heterocycles. The van der Waals surface area contributed by atoms with Crippen LogP contribution in [0.5, 0.6) is 5.75 Å². The third kappa shape index (κ3) is 4.11. The molecule has 0 saturated heterocycles. The summed E-state index contributed by atoms with van der Waals surface area (Å²) in [5, 5.41) is 7.82. The van der Waals surface area contributed by atoms with E-state index >= 15 is 0 Å². The molecular formula is C20H19ClFN3O2. The van der Waals surface area contributed by atoms with Crippen molar-refractivity contribution in [2.24, 2.45) is 0 Å². The van der Waals surface area contributed by atoms with Gasteiger partial charge in [0.1, 0.15) is 11.6 Å². The van der Waals surface area contributed by atoms with Gasteiger partial charge < -0.3 is 10.1 Å². The molecule has 0 bridgehead atoms. The van der Waals surface area contributed by atoms with E-state index in [1.165, 1.54) is 19.2 Å². The van der Waals surface area contributed by atoms with Crippen molar-refractivity contribution in [1.29, 1.82) is 0 Å². The maximum Gasteiger partial charge on any atom is 0.229 e. The van der Waals surface area contributed by atoms with E-state index in [4.69, 9.17) is 16.3 Å². The molecule has 0 unspecified atom stereocenters. The van der Waals surface area contributed by atoms with Crippen molar-refractivity contribution < 1.29 is 13.9 Å². The van der Waals surface area contributed by atoms with E-state index in [-0.39, 0.29) is 18.1 Å². The number of halogens is 2. The first-order valence-corrected chi connectivity index (χ1v) is 8.71. The molecule has 2 aromatic carbocycles. The van der Waals surface area contributed by atoms with Gasteiger partial charge in [-0.15, -0.1) is 0 Å². The summed E-state index contributed by atoms with van der Waals surface area (Å²) in [6.45, 7) is 3.72. The SMILES string of the molecule is COc1ccc(Cl)cc1NC(=O)Cc1c(C)nn(-c2ccc(F)cc2)c1C. The van der Waals surface area contributed by atoms with Gasteiger partial charge in [0.25, 0.3) is 0 Å². The van der Waals surface area contributed by atoms with Gasteiger partial charge in [-0.1, -0.05) is 11.6 Å². The zero-order chi connectivity index (χ0) is 19.6. The van der Waals surface area contributed by atoms with E-state index in [2.05, 4.69) is 10.4 Å². The van der Waals surface area contributed by atoms with Crippen molar-refractivity contribution in [2.75, 3.05) is 12.4 Å². The molecule has 3 aromatic rings. The lowest BCUT2D eigenvalue weighted by Crippen LogP contribution is -2.16. The number of carbonyl (C=O) groups excluding carboxylic acids is 1. The molecule has 7 heteroatoms. The van der Waals surface area contributed by atoms with Crippen molar-refractivity contribution in [2.45, 2.75) is 20.3 Å². The van der Waals surface area contributed by atoms with Gasteiger partial charge in [0, 0.05) is 16.3 Å². The number of rotatable bonds is 5. The van der Waals surface area contributed by atoms with Crippen LogP contribution in [0.2, 0.25) is 5.02 Å². The van der Waals surface area contributed by atoms with E-state index in [1.807, 2.05) is 13.8 Å². The van der Waals surface area contributed by atoms with Crippen molar-refractivity contribution in [3.63, 3.8) is 0 Å². The summed E-state index contributed by atoms with van der Waals surface area (Å²) in [7, 11) is 1.53. The van der Waals surface area contributed by atoms with E-state index in [9.17, 15) is 9.18 Å². The average Bonchev–Trinajstić information content (AvgIpc) is 2.91. The third-order valence-electron chi connectivity index (χ3n) is 4.29. The second-order valence-corrected chi connectivity index (χ2v) is 6.54. The molecule has 1 amide bonds. The fourth-order valence-electron chi connectivity index (χ4n) is 2.90. The maximum absolute atomic E-state index is 13.2. The second kappa shape index (κ2) is 7.80. The highest BCUT2D eigenvalue weighted by atomic mass is 35.5. The number of carbonyl (C=O) groups is 1. The molecule has 3 rings (SSSR count). The molecule has 0 spiro atoms. The third-order valence-corrected chi connectivity index (χ3v) is 4.52. The van der Waals surface area contributed by atoms with Crippen LogP contribution in [-0.2, 0) is 11.2 Å². The first kappa shape index (κ1) is 18.9. The lowest BCUT2D eigenvalue weighted by molar-refractivity contribution is -0.115. The summed E-state index contributed by atoms with van der Waals surface area (Å²) in [6.07, 6.45) is 0.147. The van der Waals surface area contributed by atoms with Crippen LogP contribution in [0.1, 0.15) is 17.0 Å². The Morgan fingerprint density at radius 2 is 1.93 bits per heavy atom. The minimum Gasteiger partial charge on any atom is -0.495 e. The minimum absolute atomic E-state index is 0.147. The molecule has 27 heavy (non-hydrogen) atoms. The molecule has 140 valence electrons.